The Kier molecular flexibility index (Phi) is 2.97. The standard InChI is InChI=1S/C16H16FN5O/c1-8-13-14(19-20-15(13)22(2)21-8)18-16(23)11-7-10(11)9-5-3-4-6-12(9)17/h3-6,10-11H,7H2,1-2H3,(H2,18,19,20,23)/t10-,11-/m0/s1. The lowest BCUT2D eigenvalue weighted by Crippen LogP contribution is -2.15. The molecule has 6 nitrogen and oxygen atoms in total. The quantitative estimate of drug-likeness (QED) is 0.780. The molecule has 7 heteroatoms. The first kappa shape index (κ1) is 13.9. The number of hydrogen-bond acceptors (Lipinski definition) is 3. The smallest absolute Gasteiger partial charge is 0.229 e. The first-order chi connectivity index (χ1) is 11.1. The van der Waals surface area contributed by atoms with Crippen LogP contribution in [-0.2, 0) is 11.8 Å². The van der Waals surface area contributed by atoms with Gasteiger partial charge in [0.05, 0.1) is 11.1 Å². The summed E-state index contributed by atoms with van der Waals surface area (Å²) in [5, 5.41) is 15.0. The van der Waals surface area contributed by atoms with Crippen LogP contribution in [0.15, 0.2) is 24.3 Å². The second-order valence-corrected chi connectivity index (χ2v) is 5.97. The van der Waals surface area contributed by atoms with Crippen molar-refractivity contribution in [1.82, 2.24) is 20.0 Å². The fourth-order valence-electron chi connectivity index (χ4n) is 3.14. The van der Waals surface area contributed by atoms with Gasteiger partial charge in [0.2, 0.25) is 5.91 Å². The lowest BCUT2D eigenvalue weighted by Gasteiger charge is -2.04. The van der Waals surface area contributed by atoms with E-state index in [1.165, 1.54) is 6.07 Å². The van der Waals surface area contributed by atoms with E-state index >= 15 is 0 Å². The number of halogens is 1. The Morgan fingerprint density at radius 3 is 3.00 bits per heavy atom. The molecule has 23 heavy (non-hydrogen) atoms. The summed E-state index contributed by atoms with van der Waals surface area (Å²) >= 11 is 0. The fourth-order valence-corrected chi connectivity index (χ4v) is 3.14. The molecule has 2 heterocycles. The summed E-state index contributed by atoms with van der Waals surface area (Å²) in [7, 11) is 1.80. The Morgan fingerprint density at radius 1 is 1.43 bits per heavy atom. The third-order valence-electron chi connectivity index (χ3n) is 4.40. The number of amides is 1. The van der Waals surface area contributed by atoms with E-state index in [9.17, 15) is 9.18 Å². The van der Waals surface area contributed by atoms with Crippen LogP contribution < -0.4 is 5.32 Å². The number of nitrogens with zero attached hydrogens (tertiary/aromatic N) is 3. The molecule has 1 aliphatic rings. The number of anilines is 1. The minimum atomic E-state index is -0.250. The number of hydrogen-bond donors (Lipinski definition) is 2. The average Bonchev–Trinajstić information content (AvgIpc) is 3.12. The molecular formula is C16H16FN5O. The number of carbonyl (C=O) groups is 1. The number of benzene rings is 1. The predicted molar refractivity (Wildman–Crippen MR) is 83.5 cm³/mol. The van der Waals surface area contributed by atoms with E-state index in [4.69, 9.17) is 0 Å². The van der Waals surface area contributed by atoms with Crippen molar-refractivity contribution in [2.75, 3.05) is 5.32 Å². The number of aromatic nitrogens is 4. The van der Waals surface area contributed by atoms with Crippen LogP contribution in [-0.4, -0.2) is 25.9 Å². The summed E-state index contributed by atoms with van der Waals surface area (Å²) in [5.41, 5.74) is 2.10. The highest BCUT2D eigenvalue weighted by Crippen LogP contribution is 2.48. The number of aryl methyl sites for hydroxylation is 2. The van der Waals surface area contributed by atoms with E-state index in [1.54, 1.807) is 29.9 Å². The first-order valence-corrected chi connectivity index (χ1v) is 7.49. The Morgan fingerprint density at radius 2 is 2.22 bits per heavy atom. The lowest BCUT2D eigenvalue weighted by atomic mass is 10.1. The maximum absolute atomic E-state index is 13.8. The number of carbonyl (C=O) groups excluding carboxylic acids is 1. The number of aromatic amines is 1. The molecule has 0 saturated heterocycles. The lowest BCUT2D eigenvalue weighted by molar-refractivity contribution is -0.117. The van der Waals surface area contributed by atoms with E-state index in [-0.39, 0.29) is 23.6 Å². The normalized spacial score (nSPS) is 20.0. The van der Waals surface area contributed by atoms with Gasteiger partial charge in [-0.3, -0.25) is 9.89 Å². The van der Waals surface area contributed by atoms with E-state index in [0.717, 1.165) is 11.1 Å². The Hall–Kier alpha value is -2.70. The maximum Gasteiger partial charge on any atom is 0.229 e. The Labute approximate surface area is 131 Å². The largest absolute Gasteiger partial charge is 0.310 e. The SMILES string of the molecule is Cc1nn(C)c2n[nH]c(NC(=O)[C@H]3C[C@H]3c3ccccc3F)c12. The Balaban J connectivity index is 1.54. The summed E-state index contributed by atoms with van der Waals surface area (Å²) < 4.78 is 15.5. The minimum absolute atomic E-state index is 0.0513. The van der Waals surface area contributed by atoms with Crippen molar-refractivity contribution >= 4 is 22.8 Å². The Bertz CT molecular complexity index is 912. The maximum atomic E-state index is 13.8. The average molecular weight is 313 g/mol. The van der Waals surface area contributed by atoms with Crippen LogP contribution in [0.2, 0.25) is 0 Å². The van der Waals surface area contributed by atoms with Gasteiger partial charge in [0, 0.05) is 13.0 Å². The van der Waals surface area contributed by atoms with Crippen LogP contribution in [0.5, 0.6) is 0 Å². The van der Waals surface area contributed by atoms with Crippen molar-refractivity contribution in [2.24, 2.45) is 13.0 Å². The number of rotatable bonds is 3. The summed E-state index contributed by atoms with van der Waals surface area (Å²) in [6.45, 7) is 1.87. The van der Waals surface area contributed by atoms with Gasteiger partial charge in [-0.25, -0.2) is 9.07 Å². The summed E-state index contributed by atoms with van der Waals surface area (Å²) in [5.74, 6) is -0.0755. The second kappa shape index (κ2) is 4.91. The molecule has 2 aromatic heterocycles. The highest BCUT2D eigenvalue weighted by Gasteiger charge is 2.45. The predicted octanol–water partition coefficient (Wildman–Crippen LogP) is 2.49. The highest BCUT2D eigenvalue weighted by atomic mass is 19.1. The van der Waals surface area contributed by atoms with Crippen LogP contribution in [0, 0.1) is 18.7 Å². The molecule has 0 radical (unpaired) electrons. The number of fused-ring (bicyclic) bond motifs is 1. The van der Waals surface area contributed by atoms with Gasteiger partial charge in [0.1, 0.15) is 11.6 Å². The van der Waals surface area contributed by atoms with Gasteiger partial charge in [0.15, 0.2) is 5.65 Å². The zero-order valence-electron chi connectivity index (χ0n) is 12.8. The molecule has 4 rings (SSSR count). The van der Waals surface area contributed by atoms with Crippen molar-refractivity contribution in [3.63, 3.8) is 0 Å². The molecule has 0 aliphatic heterocycles. The van der Waals surface area contributed by atoms with Crippen LogP contribution in [0.4, 0.5) is 10.2 Å². The van der Waals surface area contributed by atoms with Crippen molar-refractivity contribution < 1.29 is 9.18 Å². The van der Waals surface area contributed by atoms with Gasteiger partial charge in [-0.2, -0.15) is 10.2 Å². The molecule has 118 valence electrons. The third-order valence-corrected chi connectivity index (χ3v) is 4.40. The molecular weight excluding hydrogens is 297 g/mol. The molecule has 1 amide bonds. The number of H-pyrrole nitrogens is 1. The van der Waals surface area contributed by atoms with Crippen LogP contribution >= 0.6 is 0 Å². The van der Waals surface area contributed by atoms with Crippen LogP contribution in [0.3, 0.4) is 0 Å². The van der Waals surface area contributed by atoms with Gasteiger partial charge in [-0.05, 0) is 30.9 Å². The van der Waals surface area contributed by atoms with E-state index < -0.39 is 0 Å². The van der Waals surface area contributed by atoms with Crippen molar-refractivity contribution in [2.45, 2.75) is 19.3 Å². The van der Waals surface area contributed by atoms with Gasteiger partial charge in [-0.15, -0.1) is 0 Å². The second-order valence-electron chi connectivity index (χ2n) is 5.97. The molecule has 1 aliphatic carbocycles. The van der Waals surface area contributed by atoms with Gasteiger partial charge in [0.25, 0.3) is 0 Å². The van der Waals surface area contributed by atoms with E-state index in [1.807, 2.05) is 6.92 Å². The van der Waals surface area contributed by atoms with Crippen LogP contribution in [0.1, 0.15) is 23.6 Å². The fraction of sp³-hybridized carbons (Fsp3) is 0.312. The first-order valence-electron chi connectivity index (χ1n) is 7.49. The zero-order chi connectivity index (χ0) is 16.1. The van der Waals surface area contributed by atoms with Gasteiger partial charge >= 0.3 is 0 Å². The summed E-state index contributed by atoms with van der Waals surface area (Å²) in [4.78, 5) is 12.4. The van der Waals surface area contributed by atoms with Crippen molar-refractivity contribution in [1.29, 1.82) is 0 Å². The molecule has 0 unspecified atom stereocenters. The van der Waals surface area contributed by atoms with Gasteiger partial charge < -0.3 is 5.32 Å². The molecule has 0 bridgehead atoms. The van der Waals surface area contributed by atoms with Gasteiger partial charge in [-0.1, -0.05) is 18.2 Å². The van der Waals surface area contributed by atoms with E-state index in [2.05, 4.69) is 20.6 Å². The zero-order valence-corrected chi connectivity index (χ0v) is 12.8. The topological polar surface area (TPSA) is 75.6 Å². The monoisotopic (exact) mass is 313 g/mol. The van der Waals surface area contributed by atoms with Crippen LogP contribution in [0.25, 0.3) is 11.0 Å². The van der Waals surface area contributed by atoms with Crippen molar-refractivity contribution in [3.05, 3.63) is 41.3 Å². The number of nitrogens with one attached hydrogen (secondary N) is 2. The highest BCUT2D eigenvalue weighted by molar-refractivity contribution is 6.02. The molecule has 1 fully saturated rings. The summed E-state index contributed by atoms with van der Waals surface area (Å²) in [6.07, 6.45) is 0.663. The molecule has 2 N–H and O–H groups in total. The molecule has 1 aromatic carbocycles. The molecule has 0 spiro atoms. The molecule has 1 saturated carbocycles. The summed E-state index contributed by atoms with van der Waals surface area (Å²) in [6, 6.07) is 6.62. The third kappa shape index (κ3) is 2.19. The van der Waals surface area contributed by atoms with Crippen molar-refractivity contribution in [3.8, 4) is 0 Å². The molecule has 2 atom stereocenters. The molecule has 3 aromatic rings. The van der Waals surface area contributed by atoms with E-state index in [0.29, 0.717) is 23.4 Å². The minimum Gasteiger partial charge on any atom is -0.310 e.